The number of halogens is 4. The first-order valence-electron chi connectivity index (χ1n) is 8.05. The summed E-state index contributed by atoms with van der Waals surface area (Å²) in [5.74, 6) is -2.08. The molecule has 0 aliphatic rings. The zero-order valence-corrected chi connectivity index (χ0v) is 15.4. The lowest BCUT2D eigenvalue weighted by atomic mass is 10.1. The molecule has 0 radical (unpaired) electrons. The van der Waals surface area contributed by atoms with E-state index in [2.05, 4.69) is 4.98 Å². The van der Waals surface area contributed by atoms with Gasteiger partial charge in [0.1, 0.15) is 22.6 Å². The molecule has 0 fully saturated rings. The van der Waals surface area contributed by atoms with Crippen molar-refractivity contribution in [1.82, 2.24) is 9.55 Å². The van der Waals surface area contributed by atoms with Crippen LogP contribution in [0, 0.1) is 5.82 Å². The van der Waals surface area contributed by atoms with Crippen LogP contribution in [-0.2, 0) is 13.2 Å². The maximum atomic E-state index is 14.5. The number of imidazole rings is 1. The molecule has 0 aliphatic carbocycles. The Labute approximate surface area is 159 Å². The number of aryl methyl sites for hydroxylation is 1. The molecule has 0 aliphatic heterocycles. The molecule has 0 amide bonds. The summed E-state index contributed by atoms with van der Waals surface area (Å²) in [5.41, 5.74) is -0.896. The van der Waals surface area contributed by atoms with E-state index in [9.17, 15) is 22.4 Å². The molecule has 0 spiro atoms. The van der Waals surface area contributed by atoms with Gasteiger partial charge >= 0.3 is 6.18 Å². The first kappa shape index (κ1) is 18.5. The van der Waals surface area contributed by atoms with E-state index in [0.717, 1.165) is 18.0 Å². The van der Waals surface area contributed by atoms with Gasteiger partial charge in [0.05, 0.1) is 5.39 Å². The van der Waals surface area contributed by atoms with Gasteiger partial charge in [0.25, 0.3) is 0 Å². The van der Waals surface area contributed by atoms with Gasteiger partial charge in [0, 0.05) is 23.6 Å². The van der Waals surface area contributed by atoms with E-state index in [1.807, 2.05) is 18.4 Å². The molecule has 0 atom stereocenters. The van der Waals surface area contributed by atoms with Crippen molar-refractivity contribution < 1.29 is 22.0 Å². The first-order valence-corrected chi connectivity index (χ1v) is 9.27. The predicted octanol–water partition coefficient (Wildman–Crippen LogP) is 5.23. The third-order valence-corrected chi connectivity index (χ3v) is 5.16. The summed E-state index contributed by atoms with van der Waals surface area (Å²) in [6.07, 6.45) is -2.87. The van der Waals surface area contributed by atoms with E-state index in [4.69, 9.17) is 4.42 Å². The Balaban J connectivity index is 2.06. The minimum atomic E-state index is -4.78. The quantitative estimate of drug-likeness (QED) is 0.337. The van der Waals surface area contributed by atoms with Crippen LogP contribution in [0.3, 0.4) is 0 Å². The molecule has 4 nitrogen and oxygen atoms in total. The fourth-order valence-corrected chi connectivity index (χ4v) is 3.50. The Bertz CT molecular complexity index is 1270. The minimum Gasteiger partial charge on any atom is -0.453 e. The van der Waals surface area contributed by atoms with Crippen LogP contribution in [0.25, 0.3) is 33.3 Å². The van der Waals surface area contributed by atoms with Crippen LogP contribution in [-0.4, -0.2) is 15.8 Å². The van der Waals surface area contributed by atoms with Crippen molar-refractivity contribution in [3.8, 4) is 11.3 Å². The smallest absolute Gasteiger partial charge is 0.449 e. The summed E-state index contributed by atoms with van der Waals surface area (Å²) >= 11 is 1.54. The predicted molar refractivity (Wildman–Crippen MR) is 98.9 cm³/mol. The van der Waals surface area contributed by atoms with Crippen molar-refractivity contribution in [3.05, 3.63) is 58.3 Å². The van der Waals surface area contributed by atoms with Crippen LogP contribution in [0.5, 0.6) is 0 Å². The molecule has 4 rings (SSSR count). The average Bonchev–Trinajstić information content (AvgIpc) is 3.01. The van der Waals surface area contributed by atoms with Crippen molar-refractivity contribution >= 4 is 33.8 Å². The summed E-state index contributed by atoms with van der Waals surface area (Å²) < 4.78 is 60.4. The lowest BCUT2D eigenvalue weighted by Gasteiger charge is -2.06. The first-order chi connectivity index (χ1) is 13.2. The van der Waals surface area contributed by atoms with Crippen LogP contribution in [0.15, 0.2) is 50.5 Å². The Kier molecular flexibility index (Phi) is 4.22. The minimum absolute atomic E-state index is 0.164. The van der Waals surface area contributed by atoms with Gasteiger partial charge in [-0.25, -0.2) is 9.37 Å². The number of alkyl halides is 3. The molecular weight excluding hydrogens is 396 g/mol. The number of benzene rings is 2. The van der Waals surface area contributed by atoms with Gasteiger partial charge in [-0.2, -0.15) is 13.2 Å². The normalized spacial score (nSPS) is 12.2. The summed E-state index contributed by atoms with van der Waals surface area (Å²) in [6, 6.07) is 9.19. The number of thioether (sulfide) groups is 1. The number of aromatic nitrogens is 2. The van der Waals surface area contributed by atoms with E-state index in [1.165, 1.54) is 17.8 Å². The summed E-state index contributed by atoms with van der Waals surface area (Å²) in [7, 11) is 1.07. The lowest BCUT2D eigenvalue weighted by molar-refractivity contribution is -0.146. The largest absolute Gasteiger partial charge is 0.453 e. The average molecular weight is 408 g/mol. The molecule has 4 aromatic rings. The molecule has 0 bridgehead atoms. The second-order valence-corrected chi connectivity index (χ2v) is 7.01. The maximum Gasteiger partial charge on any atom is 0.449 e. The standard InChI is InChI=1S/C19H12F4N2O2S/c1-25-16-12(20)7-11-13(26)8-14(9-3-5-10(28-2)6-4-9)27-17(11)15(16)24-18(25)19(21,22)23/h3-8H,1-2H3. The summed E-state index contributed by atoms with van der Waals surface area (Å²) in [6.45, 7) is 0. The number of hydrogen-bond donors (Lipinski definition) is 0. The number of nitrogens with zero attached hydrogens (tertiary/aromatic N) is 2. The Morgan fingerprint density at radius 1 is 1.14 bits per heavy atom. The van der Waals surface area contributed by atoms with E-state index in [0.29, 0.717) is 10.1 Å². The molecule has 2 aromatic heterocycles. The van der Waals surface area contributed by atoms with Crippen LogP contribution < -0.4 is 5.43 Å². The van der Waals surface area contributed by atoms with Gasteiger partial charge in [-0.05, 0) is 24.5 Å². The number of fused-ring (bicyclic) bond motifs is 3. The maximum absolute atomic E-state index is 14.5. The van der Waals surface area contributed by atoms with E-state index < -0.39 is 23.2 Å². The van der Waals surface area contributed by atoms with Gasteiger partial charge in [-0.1, -0.05) is 12.1 Å². The van der Waals surface area contributed by atoms with Gasteiger partial charge in [-0.3, -0.25) is 4.79 Å². The van der Waals surface area contributed by atoms with Crippen molar-refractivity contribution in [2.24, 2.45) is 7.05 Å². The molecule has 0 saturated carbocycles. The molecule has 0 unspecified atom stereocenters. The molecule has 9 heteroatoms. The fraction of sp³-hybridized carbons (Fsp3) is 0.158. The van der Waals surface area contributed by atoms with Gasteiger partial charge in [0.2, 0.25) is 5.82 Å². The van der Waals surface area contributed by atoms with Crippen LogP contribution in [0.4, 0.5) is 17.6 Å². The van der Waals surface area contributed by atoms with Crippen LogP contribution in [0.2, 0.25) is 0 Å². The van der Waals surface area contributed by atoms with Gasteiger partial charge < -0.3 is 8.98 Å². The molecule has 144 valence electrons. The molecule has 2 aromatic carbocycles. The fourth-order valence-electron chi connectivity index (χ4n) is 3.09. The van der Waals surface area contributed by atoms with Crippen molar-refractivity contribution in [2.75, 3.05) is 6.26 Å². The van der Waals surface area contributed by atoms with E-state index in [-0.39, 0.29) is 27.8 Å². The zero-order chi connectivity index (χ0) is 20.2. The summed E-state index contributed by atoms with van der Waals surface area (Å²) in [5, 5.41) is -0.165. The van der Waals surface area contributed by atoms with Crippen molar-refractivity contribution in [3.63, 3.8) is 0 Å². The van der Waals surface area contributed by atoms with Crippen molar-refractivity contribution in [2.45, 2.75) is 11.1 Å². The lowest BCUT2D eigenvalue weighted by Crippen LogP contribution is -2.12. The van der Waals surface area contributed by atoms with Crippen LogP contribution >= 0.6 is 11.8 Å². The Morgan fingerprint density at radius 3 is 2.43 bits per heavy atom. The number of rotatable bonds is 2. The van der Waals surface area contributed by atoms with Crippen molar-refractivity contribution in [1.29, 1.82) is 0 Å². The Morgan fingerprint density at radius 2 is 1.82 bits per heavy atom. The molecular formula is C19H12F4N2O2S. The second kappa shape index (κ2) is 6.37. The SMILES string of the molecule is CSc1ccc(-c2cc(=O)c3cc(F)c4c(nc(C(F)(F)F)n4C)c3o2)cc1. The summed E-state index contributed by atoms with van der Waals surface area (Å²) in [4.78, 5) is 17.0. The van der Waals surface area contributed by atoms with Crippen LogP contribution in [0.1, 0.15) is 5.82 Å². The highest BCUT2D eigenvalue weighted by Gasteiger charge is 2.38. The number of hydrogen-bond acceptors (Lipinski definition) is 4. The third kappa shape index (κ3) is 2.86. The second-order valence-electron chi connectivity index (χ2n) is 6.13. The monoisotopic (exact) mass is 408 g/mol. The zero-order valence-electron chi connectivity index (χ0n) is 14.6. The third-order valence-electron chi connectivity index (χ3n) is 4.42. The molecule has 2 heterocycles. The van der Waals surface area contributed by atoms with E-state index >= 15 is 0 Å². The highest BCUT2D eigenvalue weighted by Crippen LogP contribution is 2.35. The molecule has 0 N–H and O–H groups in total. The highest BCUT2D eigenvalue weighted by molar-refractivity contribution is 7.98. The molecule has 0 saturated heterocycles. The topological polar surface area (TPSA) is 48.0 Å². The highest BCUT2D eigenvalue weighted by atomic mass is 32.2. The Hall–Kier alpha value is -2.81. The van der Waals surface area contributed by atoms with Gasteiger partial charge in [-0.15, -0.1) is 11.8 Å². The molecule has 28 heavy (non-hydrogen) atoms. The van der Waals surface area contributed by atoms with E-state index in [1.54, 1.807) is 12.1 Å². The van der Waals surface area contributed by atoms with Gasteiger partial charge in [0.15, 0.2) is 11.0 Å².